The molecular formula is C32H31F3N6O2S. The van der Waals surface area contributed by atoms with E-state index in [1.165, 1.54) is 52.2 Å². The first-order chi connectivity index (χ1) is 20.8. The molecule has 1 N–H and O–H groups in total. The van der Waals surface area contributed by atoms with Crippen molar-refractivity contribution in [3.63, 3.8) is 0 Å². The highest BCUT2D eigenvalue weighted by Crippen LogP contribution is 2.27. The third-order valence-corrected chi connectivity index (χ3v) is 7.93. The third-order valence-electron chi connectivity index (χ3n) is 6.99. The van der Waals surface area contributed by atoms with Crippen LogP contribution in [0.5, 0.6) is 5.75 Å². The van der Waals surface area contributed by atoms with E-state index in [1.54, 1.807) is 0 Å². The number of urea groups is 1. The number of benzene rings is 3. The topological polar surface area (TPSA) is 86.3 Å². The van der Waals surface area contributed by atoms with Crippen molar-refractivity contribution in [3.8, 4) is 28.5 Å². The highest BCUT2D eigenvalue weighted by atomic mass is 32.1. The molecule has 228 valence electrons. The zero-order chi connectivity index (χ0) is 31.6. The molecule has 5 aromatic rings. The lowest BCUT2D eigenvalue weighted by Gasteiger charge is -2.25. The van der Waals surface area contributed by atoms with Gasteiger partial charge in [-0.1, -0.05) is 56.3 Å². The Balaban J connectivity index is 1.31. The first-order valence-corrected chi connectivity index (χ1v) is 14.7. The lowest BCUT2D eigenvalue weighted by molar-refractivity contribution is -0.274. The summed E-state index contributed by atoms with van der Waals surface area (Å²) in [7, 11) is 0. The molecule has 0 atom stereocenters. The summed E-state index contributed by atoms with van der Waals surface area (Å²) in [6.07, 6.45) is -3.28. The van der Waals surface area contributed by atoms with E-state index in [0.717, 1.165) is 22.5 Å². The lowest BCUT2D eigenvalue weighted by atomic mass is 9.93. The van der Waals surface area contributed by atoms with Crippen LogP contribution in [-0.4, -0.2) is 31.7 Å². The number of carbonyl (C=O) groups excluding carboxylic acids is 1. The average Bonchev–Trinajstić information content (AvgIpc) is 3.59. The monoisotopic (exact) mass is 620 g/mol. The van der Waals surface area contributed by atoms with Crippen LogP contribution in [0.25, 0.3) is 22.8 Å². The summed E-state index contributed by atoms with van der Waals surface area (Å²) >= 11 is 1.41. The SMILES string of the molecule is Cc1cs/c(=N\C(=O)NC(C)(C)c2ccc(-c3ncn(-c4ccc(OC(F)(F)F)cc4)n3)cc2)n1-c1ccccc1C(C)C. The second-order valence-corrected chi connectivity index (χ2v) is 11.8. The maximum Gasteiger partial charge on any atom is 0.573 e. The smallest absolute Gasteiger partial charge is 0.406 e. The molecule has 0 bridgehead atoms. The van der Waals surface area contributed by atoms with Crippen molar-refractivity contribution >= 4 is 17.4 Å². The zero-order valence-electron chi connectivity index (χ0n) is 24.8. The number of thiazole rings is 1. The molecule has 0 unspecified atom stereocenters. The Kier molecular flexibility index (Phi) is 8.46. The Hall–Kier alpha value is -4.71. The molecule has 0 radical (unpaired) electrons. The minimum absolute atomic E-state index is 0.304. The van der Waals surface area contributed by atoms with E-state index in [-0.39, 0.29) is 5.75 Å². The molecule has 0 saturated carbocycles. The van der Waals surface area contributed by atoms with E-state index < -0.39 is 17.9 Å². The standard InChI is InChI=1S/C32H31F3N6O2S/c1-20(2)26-8-6-7-9-27(26)41-21(3)18-44-30(41)37-29(42)38-31(4,5)23-12-10-22(11-13-23)28-36-19-40(39-28)24-14-16-25(17-15-24)43-32(33,34)35/h6-20H,1-5H3,(H,38,42)/b37-30-. The van der Waals surface area contributed by atoms with E-state index in [2.05, 4.69) is 45.0 Å². The number of rotatable bonds is 7. The average molecular weight is 621 g/mol. The van der Waals surface area contributed by atoms with Gasteiger partial charge >= 0.3 is 12.4 Å². The second-order valence-electron chi connectivity index (χ2n) is 11.0. The zero-order valence-corrected chi connectivity index (χ0v) is 25.6. The molecule has 2 amide bonds. The van der Waals surface area contributed by atoms with E-state index in [4.69, 9.17) is 0 Å². The molecular weight excluding hydrogens is 589 g/mol. The largest absolute Gasteiger partial charge is 0.573 e. The van der Waals surface area contributed by atoms with Crippen LogP contribution in [0.3, 0.4) is 0 Å². The number of aryl methyl sites for hydroxylation is 1. The fourth-order valence-corrected chi connectivity index (χ4v) is 5.62. The molecule has 44 heavy (non-hydrogen) atoms. The minimum atomic E-state index is -4.76. The Morgan fingerprint density at radius 3 is 2.34 bits per heavy atom. The van der Waals surface area contributed by atoms with Crippen molar-refractivity contribution in [1.82, 2.24) is 24.6 Å². The van der Waals surface area contributed by atoms with Gasteiger partial charge in [-0.15, -0.1) is 29.6 Å². The summed E-state index contributed by atoms with van der Waals surface area (Å²) in [4.78, 5) is 22.5. The van der Waals surface area contributed by atoms with E-state index in [9.17, 15) is 18.0 Å². The Morgan fingerprint density at radius 2 is 1.68 bits per heavy atom. The van der Waals surface area contributed by atoms with Gasteiger partial charge in [-0.05, 0) is 68.1 Å². The van der Waals surface area contributed by atoms with E-state index >= 15 is 0 Å². The van der Waals surface area contributed by atoms with Crippen molar-refractivity contribution in [1.29, 1.82) is 0 Å². The van der Waals surface area contributed by atoms with Crippen LogP contribution in [0.1, 0.15) is 50.4 Å². The number of alkyl halides is 3. The number of hydrogen-bond donors (Lipinski definition) is 1. The van der Waals surface area contributed by atoms with E-state index in [0.29, 0.717) is 22.2 Å². The van der Waals surface area contributed by atoms with Crippen molar-refractivity contribution in [2.24, 2.45) is 4.99 Å². The van der Waals surface area contributed by atoms with Crippen LogP contribution in [0.15, 0.2) is 89.5 Å². The molecule has 0 aliphatic heterocycles. The van der Waals surface area contributed by atoms with Crippen LogP contribution in [-0.2, 0) is 5.54 Å². The molecule has 0 fully saturated rings. The Morgan fingerprint density at radius 1 is 1.00 bits per heavy atom. The third kappa shape index (κ3) is 6.91. The first-order valence-electron chi connectivity index (χ1n) is 13.8. The number of carbonyl (C=O) groups is 1. The Labute approximate surface area is 256 Å². The minimum Gasteiger partial charge on any atom is -0.406 e. The molecule has 5 rings (SSSR count). The molecule has 12 heteroatoms. The molecule has 0 saturated heterocycles. The number of ether oxygens (including phenoxy) is 1. The Bertz CT molecular complexity index is 1840. The fraction of sp³-hybridized carbons (Fsp3) is 0.250. The molecule has 2 heterocycles. The van der Waals surface area contributed by atoms with Crippen LogP contribution in [0.4, 0.5) is 18.0 Å². The summed E-state index contributed by atoms with van der Waals surface area (Å²) in [6.45, 7) is 10.1. The predicted molar refractivity (Wildman–Crippen MR) is 163 cm³/mol. The van der Waals surface area contributed by atoms with Gasteiger partial charge in [-0.3, -0.25) is 4.57 Å². The highest BCUT2D eigenvalue weighted by Gasteiger charge is 2.31. The van der Waals surface area contributed by atoms with Gasteiger partial charge in [0.1, 0.15) is 12.1 Å². The van der Waals surface area contributed by atoms with Gasteiger partial charge in [0.05, 0.1) is 16.9 Å². The van der Waals surface area contributed by atoms with Gasteiger partial charge in [-0.25, -0.2) is 14.5 Å². The van der Waals surface area contributed by atoms with Gasteiger partial charge in [0, 0.05) is 16.6 Å². The number of aromatic nitrogens is 4. The number of nitrogens with one attached hydrogen (secondary N) is 1. The van der Waals surface area contributed by atoms with Gasteiger partial charge in [0.2, 0.25) is 0 Å². The van der Waals surface area contributed by atoms with Gasteiger partial charge in [0.15, 0.2) is 10.6 Å². The molecule has 3 aromatic carbocycles. The summed E-state index contributed by atoms with van der Waals surface area (Å²) in [5.74, 6) is 0.419. The van der Waals surface area contributed by atoms with Crippen LogP contribution in [0.2, 0.25) is 0 Å². The van der Waals surface area contributed by atoms with Gasteiger partial charge in [0.25, 0.3) is 0 Å². The lowest BCUT2D eigenvalue weighted by Crippen LogP contribution is -2.40. The van der Waals surface area contributed by atoms with E-state index in [1.807, 2.05) is 73.2 Å². The van der Waals surface area contributed by atoms with Crippen LogP contribution in [0, 0.1) is 6.92 Å². The molecule has 0 aliphatic rings. The number of amides is 2. The van der Waals surface area contributed by atoms with Crippen molar-refractivity contribution in [3.05, 3.63) is 106 Å². The number of halogens is 3. The van der Waals surface area contributed by atoms with Gasteiger partial charge < -0.3 is 10.1 Å². The summed E-state index contributed by atoms with van der Waals surface area (Å²) in [5.41, 5.74) is 4.54. The van der Waals surface area contributed by atoms with Crippen LogP contribution < -0.4 is 14.9 Å². The predicted octanol–water partition coefficient (Wildman–Crippen LogP) is 7.66. The van der Waals surface area contributed by atoms with Gasteiger partial charge in [-0.2, -0.15) is 4.99 Å². The second kappa shape index (κ2) is 12.1. The number of nitrogens with zero attached hydrogens (tertiary/aromatic N) is 5. The summed E-state index contributed by atoms with van der Waals surface area (Å²) in [5, 5.41) is 9.46. The number of hydrogen-bond acceptors (Lipinski definition) is 5. The highest BCUT2D eigenvalue weighted by molar-refractivity contribution is 7.07. The molecule has 0 spiro atoms. The van der Waals surface area contributed by atoms with Crippen molar-refractivity contribution < 1.29 is 22.7 Å². The summed E-state index contributed by atoms with van der Waals surface area (Å²) < 4.78 is 44.7. The summed E-state index contributed by atoms with van der Waals surface area (Å²) in [6, 6.07) is 20.5. The first kappa shape index (κ1) is 30.7. The normalized spacial score (nSPS) is 12.5. The van der Waals surface area contributed by atoms with Crippen LogP contribution >= 0.6 is 11.3 Å². The maximum atomic E-state index is 13.2. The fourth-order valence-electron chi connectivity index (χ4n) is 4.75. The maximum absolute atomic E-state index is 13.2. The molecule has 8 nitrogen and oxygen atoms in total. The molecule has 0 aliphatic carbocycles. The van der Waals surface area contributed by atoms with Crippen molar-refractivity contribution in [2.45, 2.75) is 52.4 Å². The molecule has 2 aromatic heterocycles. The van der Waals surface area contributed by atoms with Crippen molar-refractivity contribution in [2.75, 3.05) is 0 Å². The quantitative estimate of drug-likeness (QED) is 0.202. The number of para-hydroxylation sites is 1.